The van der Waals surface area contributed by atoms with E-state index in [4.69, 9.17) is 11.6 Å². The van der Waals surface area contributed by atoms with Gasteiger partial charge in [0, 0.05) is 5.56 Å². The molecule has 118 valence electrons. The van der Waals surface area contributed by atoms with Crippen molar-refractivity contribution in [3.05, 3.63) is 75.3 Å². The number of hydrogen-bond donors (Lipinski definition) is 2. The minimum Gasteiger partial charge on any atom is -0.298 e. The highest BCUT2D eigenvalue weighted by atomic mass is 35.5. The van der Waals surface area contributed by atoms with Crippen molar-refractivity contribution >= 4 is 23.2 Å². The summed E-state index contributed by atoms with van der Waals surface area (Å²) < 4.78 is 0. The predicted octanol–water partition coefficient (Wildman–Crippen LogP) is 4.18. The van der Waals surface area contributed by atoms with Crippen LogP contribution in [0.1, 0.15) is 39.0 Å². The number of halogens is 1. The number of carbonyl (C=O) groups is 1. The van der Waals surface area contributed by atoms with Gasteiger partial charge in [-0.1, -0.05) is 41.4 Å². The van der Waals surface area contributed by atoms with Gasteiger partial charge in [-0.25, -0.2) is 0 Å². The average Bonchev–Trinajstić information content (AvgIpc) is 2.53. The van der Waals surface area contributed by atoms with Crippen LogP contribution in [0.5, 0.6) is 0 Å². The maximum atomic E-state index is 12.3. The van der Waals surface area contributed by atoms with E-state index < -0.39 is 0 Å². The Morgan fingerprint density at radius 1 is 1.17 bits per heavy atom. The van der Waals surface area contributed by atoms with Crippen molar-refractivity contribution in [3.8, 4) is 0 Å². The lowest BCUT2D eigenvalue weighted by Gasteiger charge is -2.22. The first-order chi connectivity index (χ1) is 11.1. The minimum absolute atomic E-state index is 0.243. The van der Waals surface area contributed by atoms with Crippen LogP contribution in [0.15, 0.2) is 42.5 Å². The number of nitrogens with one attached hydrogen (secondary N) is 2. The van der Waals surface area contributed by atoms with Gasteiger partial charge in [0.1, 0.15) is 0 Å². The molecule has 0 aromatic heterocycles. The first-order valence-corrected chi connectivity index (χ1v) is 8.05. The predicted molar refractivity (Wildman–Crippen MR) is 94.3 cm³/mol. The normalized spacial score (nSPS) is 13.1. The molecule has 2 N–H and O–H groups in total. The Kier molecular flexibility index (Phi) is 4.39. The van der Waals surface area contributed by atoms with E-state index in [0.717, 1.165) is 24.1 Å². The van der Waals surface area contributed by atoms with Crippen LogP contribution in [0.25, 0.3) is 5.70 Å². The van der Waals surface area contributed by atoms with Crippen LogP contribution < -0.4 is 10.9 Å². The van der Waals surface area contributed by atoms with Crippen molar-refractivity contribution in [1.29, 1.82) is 0 Å². The number of fused-ring (bicyclic) bond motifs is 1. The summed E-state index contributed by atoms with van der Waals surface area (Å²) in [5.41, 5.74) is 12.2. The number of allylic oxidation sites excluding steroid dienone is 1. The van der Waals surface area contributed by atoms with Gasteiger partial charge in [-0.05, 0) is 56.0 Å². The summed E-state index contributed by atoms with van der Waals surface area (Å²) in [5.74, 6) is -0.243. The largest absolute Gasteiger partial charge is 0.298 e. The third kappa shape index (κ3) is 3.25. The lowest BCUT2D eigenvalue weighted by molar-refractivity contribution is 0.0942. The van der Waals surface area contributed by atoms with Crippen molar-refractivity contribution in [2.24, 2.45) is 0 Å². The first-order valence-electron chi connectivity index (χ1n) is 7.68. The van der Waals surface area contributed by atoms with Crippen LogP contribution in [-0.2, 0) is 6.42 Å². The van der Waals surface area contributed by atoms with Gasteiger partial charge >= 0.3 is 0 Å². The summed E-state index contributed by atoms with van der Waals surface area (Å²) in [6, 6.07) is 11.4. The molecule has 0 heterocycles. The number of carbonyl (C=O) groups excluding carboxylic acids is 1. The molecule has 0 radical (unpaired) electrons. The minimum atomic E-state index is -0.243. The molecule has 0 saturated carbocycles. The van der Waals surface area contributed by atoms with Crippen LogP contribution in [0, 0.1) is 13.8 Å². The van der Waals surface area contributed by atoms with Crippen LogP contribution in [0.2, 0.25) is 5.02 Å². The Morgan fingerprint density at radius 2 is 1.96 bits per heavy atom. The van der Waals surface area contributed by atoms with E-state index in [0.29, 0.717) is 10.6 Å². The average molecular weight is 327 g/mol. The van der Waals surface area contributed by atoms with Gasteiger partial charge in [0.2, 0.25) is 0 Å². The summed E-state index contributed by atoms with van der Waals surface area (Å²) in [6.07, 6.45) is 4.11. The molecule has 1 amide bonds. The second-order valence-corrected chi connectivity index (χ2v) is 6.23. The van der Waals surface area contributed by atoms with Gasteiger partial charge in [0.15, 0.2) is 0 Å². The van der Waals surface area contributed by atoms with Gasteiger partial charge in [0.25, 0.3) is 5.91 Å². The molecule has 1 aliphatic rings. The first kappa shape index (κ1) is 15.6. The van der Waals surface area contributed by atoms with Crippen LogP contribution in [0.4, 0.5) is 0 Å². The van der Waals surface area contributed by atoms with Crippen molar-refractivity contribution in [2.45, 2.75) is 26.7 Å². The molecule has 0 spiro atoms. The molecule has 4 heteroatoms. The van der Waals surface area contributed by atoms with E-state index in [-0.39, 0.29) is 5.91 Å². The zero-order valence-corrected chi connectivity index (χ0v) is 14.0. The zero-order valence-electron chi connectivity index (χ0n) is 13.2. The fraction of sp³-hybridized carbons (Fsp3) is 0.211. The summed E-state index contributed by atoms with van der Waals surface area (Å²) in [4.78, 5) is 12.3. The lowest BCUT2D eigenvalue weighted by Crippen LogP contribution is -2.37. The highest BCUT2D eigenvalue weighted by Crippen LogP contribution is 2.28. The Balaban J connectivity index is 1.79. The van der Waals surface area contributed by atoms with E-state index in [2.05, 4.69) is 42.9 Å². The summed E-state index contributed by atoms with van der Waals surface area (Å²) in [7, 11) is 0. The van der Waals surface area contributed by atoms with Crippen LogP contribution in [-0.4, -0.2) is 5.91 Å². The number of rotatable bonds is 3. The third-order valence-corrected chi connectivity index (χ3v) is 4.41. The van der Waals surface area contributed by atoms with E-state index in [1.54, 1.807) is 24.3 Å². The number of amides is 1. The molecule has 0 fully saturated rings. The van der Waals surface area contributed by atoms with Gasteiger partial charge in [-0.3, -0.25) is 15.6 Å². The highest BCUT2D eigenvalue weighted by Gasteiger charge is 2.16. The van der Waals surface area contributed by atoms with Gasteiger partial charge in [-0.15, -0.1) is 0 Å². The Labute approximate surface area is 141 Å². The number of benzene rings is 2. The SMILES string of the molecule is Cc1cc(C)c2c(c1)C(NNC(=O)c1ccccc1Cl)=CCC2. The van der Waals surface area contributed by atoms with Crippen molar-refractivity contribution in [1.82, 2.24) is 10.9 Å². The van der Waals surface area contributed by atoms with E-state index in [1.165, 1.54) is 16.7 Å². The maximum Gasteiger partial charge on any atom is 0.271 e. The van der Waals surface area contributed by atoms with Crippen LogP contribution in [0.3, 0.4) is 0 Å². The Morgan fingerprint density at radius 3 is 2.74 bits per heavy atom. The van der Waals surface area contributed by atoms with Gasteiger partial charge < -0.3 is 0 Å². The number of hydrogen-bond acceptors (Lipinski definition) is 2. The Hall–Kier alpha value is -2.26. The number of aryl methyl sites for hydroxylation is 2. The van der Waals surface area contributed by atoms with E-state index in [1.807, 2.05) is 0 Å². The molecule has 2 aromatic rings. The summed E-state index contributed by atoms with van der Waals surface area (Å²) >= 11 is 6.06. The third-order valence-electron chi connectivity index (χ3n) is 4.08. The van der Waals surface area contributed by atoms with E-state index >= 15 is 0 Å². The fourth-order valence-corrected chi connectivity index (χ4v) is 3.22. The standard InChI is InChI=1S/C19H19ClN2O/c1-12-10-13(2)14-7-5-9-18(16(14)11-12)21-22-19(23)15-6-3-4-8-17(15)20/h3-4,6,8-11,21H,5,7H2,1-2H3,(H,22,23). The smallest absolute Gasteiger partial charge is 0.271 e. The molecule has 0 unspecified atom stereocenters. The second-order valence-electron chi connectivity index (χ2n) is 5.82. The second kappa shape index (κ2) is 6.47. The molecule has 23 heavy (non-hydrogen) atoms. The number of hydrazine groups is 1. The Bertz CT molecular complexity index is 796. The van der Waals surface area contributed by atoms with Gasteiger partial charge in [-0.2, -0.15) is 0 Å². The molecule has 0 atom stereocenters. The molecular weight excluding hydrogens is 308 g/mol. The molecule has 0 saturated heterocycles. The fourth-order valence-electron chi connectivity index (χ4n) is 3.00. The summed E-state index contributed by atoms with van der Waals surface area (Å²) in [5, 5.41) is 0.441. The van der Waals surface area contributed by atoms with Gasteiger partial charge in [0.05, 0.1) is 16.3 Å². The topological polar surface area (TPSA) is 41.1 Å². The molecule has 2 aromatic carbocycles. The monoisotopic (exact) mass is 326 g/mol. The zero-order chi connectivity index (χ0) is 16.4. The molecule has 3 rings (SSSR count). The van der Waals surface area contributed by atoms with Crippen LogP contribution >= 0.6 is 11.6 Å². The summed E-state index contributed by atoms with van der Waals surface area (Å²) in [6.45, 7) is 4.22. The quantitative estimate of drug-likeness (QED) is 0.831. The van der Waals surface area contributed by atoms with Crippen molar-refractivity contribution < 1.29 is 4.79 Å². The molecule has 3 nitrogen and oxygen atoms in total. The molecule has 0 aliphatic heterocycles. The van der Waals surface area contributed by atoms with Crippen molar-refractivity contribution in [2.75, 3.05) is 0 Å². The molecule has 1 aliphatic carbocycles. The highest BCUT2D eigenvalue weighted by molar-refractivity contribution is 6.33. The lowest BCUT2D eigenvalue weighted by atomic mass is 9.89. The van der Waals surface area contributed by atoms with E-state index in [9.17, 15) is 4.79 Å². The van der Waals surface area contributed by atoms with Crippen molar-refractivity contribution in [3.63, 3.8) is 0 Å². The molecular formula is C19H19ClN2O. The molecule has 0 bridgehead atoms. The maximum absolute atomic E-state index is 12.3.